The van der Waals surface area contributed by atoms with Crippen LogP contribution in [0.2, 0.25) is 0 Å². The smallest absolute Gasteiger partial charge is 0.226 e. The normalized spacial score (nSPS) is 20.1. The minimum absolute atomic E-state index is 0.0283. The van der Waals surface area contributed by atoms with Gasteiger partial charge in [0.15, 0.2) is 0 Å². The van der Waals surface area contributed by atoms with Gasteiger partial charge in [-0.25, -0.2) is 0 Å². The molecule has 0 radical (unpaired) electrons. The largest absolute Gasteiger partial charge is 0.395 e. The lowest BCUT2D eigenvalue weighted by atomic mass is 10.1. The lowest BCUT2D eigenvalue weighted by molar-refractivity contribution is -0.135. The summed E-state index contributed by atoms with van der Waals surface area (Å²) in [5, 5.41) is 8.91. The minimum Gasteiger partial charge on any atom is -0.395 e. The van der Waals surface area contributed by atoms with Crippen LogP contribution in [-0.4, -0.2) is 66.7 Å². The highest BCUT2D eigenvalue weighted by Crippen LogP contribution is 2.10. The average Bonchev–Trinajstić information content (AvgIpc) is 2.57. The number of nitrogens with two attached hydrogens (primary N) is 1. The van der Waals surface area contributed by atoms with Crippen molar-refractivity contribution in [1.82, 2.24) is 9.80 Å². The molecule has 0 aromatic heterocycles. The number of rotatable bonds is 5. The fraction of sp³-hybridized carbons (Fsp3) is 0.917. The van der Waals surface area contributed by atoms with E-state index in [-0.39, 0.29) is 18.4 Å². The zero-order valence-electron chi connectivity index (χ0n) is 10.8. The number of amides is 1. The first-order valence-corrected chi connectivity index (χ1v) is 6.55. The van der Waals surface area contributed by atoms with Crippen molar-refractivity contribution < 1.29 is 9.90 Å². The number of carbonyl (C=O) groups excluding carboxylic acids is 1. The van der Waals surface area contributed by atoms with E-state index in [0.717, 1.165) is 39.0 Å². The van der Waals surface area contributed by atoms with E-state index in [1.807, 2.05) is 11.8 Å². The fourth-order valence-electron chi connectivity index (χ4n) is 2.26. The maximum atomic E-state index is 12.2. The van der Waals surface area contributed by atoms with Crippen LogP contribution >= 0.6 is 0 Å². The molecule has 1 saturated heterocycles. The Kier molecular flexibility index (Phi) is 6.47. The Bertz CT molecular complexity index is 232. The van der Waals surface area contributed by atoms with E-state index in [4.69, 9.17) is 10.8 Å². The van der Waals surface area contributed by atoms with Gasteiger partial charge in [-0.3, -0.25) is 9.69 Å². The van der Waals surface area contributed by atoms with Crippen LogP contribution in [0.1, 0.15) is 19.8 Å². The molecule has 0 bridgehead atoms. The number of nitrogens with zero attached hydrogens (tertiary/aromatic N) is 2. The average molecular weight is 243 g/mol. The first kappa shape index (κ1) is 14.4. The summed E-state index contributed by atoms with van der Waals surface area (Å²) in [4.78, 5) is 16.3. The molecule has 3 N–H and O–H groups in total. The predicted molar refractivity (Wildman–Crippen MR) is 67.6 cm³/mol. The molecule has 1 atom stereocenters. The minimum atomic E-state index is -0.0283. The summed E-state index contributed by atoms with van der Waals surface area (Å²) in [5.41, 5.74) is 5.61. The third-order valence-corrected chi connectivity index (χ3v) is 3.44. The molecule has 0 aromatic rings. The van der Waals surface area contributed by atoms with Crippen LogP contribution in [0.25, 0.3) is 0 Å². The van der Waals surface area contributed by atoms with E-state index < -0.39 is 0 Å². The zero-order chi connectivity index (χ0) is 12.7. The van der Waals surface area contributed by atoms with Crippen molar-refractivity contribution in [3.8, 4) is 0 Å². The molecule has 1 rings (SSSR count). The molecular weight excluding hydrogens is 218 g/mol. The maximum Gasteiger partial charge on any atom is 0.226 e. The topological polar surface area (TPSA) is 69.8 Å². The molecule has 17 heavy (non-hydrogen) atoms. The van der Waals surface area contributed by atoms with Gasteiger partial charge in [0.05, 0.1) is 12.5 Å². The van der Waals surface area contributed by atoms with Crippen LogP contribution in [-0.2, 0) is 4.79 Å². The summed E-state index contributed by atoms with van der Waals surface area (Å²) in [6, 6.07) is 0. The Morgan fingerprint density at radius 2 is 2.12 bits per heavy atom. The Balaban J connectivity index is 2.47. The molecule has 0 aliphatic carbocycles. The van der Waals surface area contributed by atoms with E-state index in [1.165, 1.54) is 0 Å². The second-order valence-electron chi connectivity index (χ2n) is 4.58. The summed E-state index contributed by atoms with van der Waals surface area (Å²) in [5.74, 6) is 0.167. The zero-order valence-corrected chi connectivity index (χ0v) is 10.8. The van der Waals surface area contributed by atoms with Crippen LogP contribution in [0.4, 0.5) is 0 Å². The number of hydrogen-bond acceptors (Lipinski definition) is 4. The van der Waals surface area contributed by atoms with Gasteiger partial charge in [-0.2, -0.15) is 0 Å². The summed E-state index contributed by atoms with van der Waals surface area (Å²) in [7, 11) is 0. The Morgan fingerprint density at radius 1 is 1.35 bits per heavy atom. The number of β-amino-alcohol motifs (C(OH)–C–C–N with tert-alkyl or cyclic N) is 1. The number of carbonyl (C=O) groups is 1. The SMILES string of the molecule is CCC(CN)C(=O)N1CCCN(CCO)CC1. The van der Waals surface area contributed by atoms with Gasteiger partial charge in [0.2, 0.25) is 5.91 Å². The lowest BCUT2D eigenvalue weighted by Crippen LogP contribution is -2.41. The lowest BCUT2D eigenvalue weighted by Gasteiger charge is -2.25. The molecule has 1 amide bonds. The van der Waals surface area contributed by atoms with Gasteiger partial charge >= 0.3 is 0 Å². The molecule has 100 valence electrons. The molecule has 0 aromatic carbocycles. The van der Waals surface area contributed by atoms with Gasteiger partial charge in [0.25, 0.3) is 0 Å². The molecule has 0 spiro atoms. The van der Waals surface area contributed by atoms with Crippen LogP contribution in [0.5, 0.6) is 0 Å². The molecule has 1 unspecified atom stereocenters. The van der Waals surface area contributed by atoms with Crippen molar-refractivity contribution in [2.75, 3.05) is 45.9 Å². The molecule has 1 fully saturated rings. The Morgan fingerprint density at radius 3 is 2.71 bits per heavy atom. The highest BCUT2D eigenvalue weighted by Gasteiger charge is 2.23. The monoisotopic (exact) mass is 243 g/mol. The van der Waals surface area contributed by atoms with Gasteiger partial charge in [-0.05, 0) is 19.4 Å². The van der Waals surface area contributed by atoms with E-state index in [1.54, 1.807) is 0 Å². The number of aliphatic hydroxyl groups excluding tert-OH is 1. The second kappa shape index (κ2) is 7.63. The highest BCUT2D eigenvalue weighted by atomic mass is 16.3. The first-order valence-electron chi connectivity index (χ1n) is 6.55. The quantitative estimate of drug-likeness (QED) is 0.683. The number of hydrogen-bond donors (Lipinski definition) is 2. The fourth-order valence-corrected chi connectivity index (χ4v) is 2.26. The molecule has 1 aliphatic rings. The van der Waals surface area contributed by atoms with Gasteiger partial charge in [-0.1, -0.05) is 6.92 Å². The Labute approximate surface area is 104 Å². The second-order valence-corrected chi connectivity index (χ2v) is 4.58. The van der Waals surface area contributed by atoms with Crippen LogP contribution in [0, 0.1) is 5.92 Å². The molecule has 0 saturated carbocycles. The standard InChI is InChI=1S/C12H25N3O2/c1-2-11(10-13)12(17)15-5-3-4-14(6-7-15)8-9-16/h11,16H,2-10,13H2,1H3. The maximum absolute atomic E-state index is 12.2. The van der Waals surface area contributed by atoms with Crippen molar-refractivity contribution >= 4 is 5.91 Å². The molecule has 5 nitrogen and oxygen atoms in total. The van der Waals surface area contributed by atoms with Crippen LogP contribution < -0.4 is 5.73 Å². The first-order chi connectivity index (χ1) is 8.22. The summed E-state index contributed by atoms with van der Waals surface area (Å²) in [6.07, 6.45) is 1.79. The summed E-state index contributed by atoms with van der Waals surface area (Å²) >= 11 is 0. The van der Waals surface area contributed by atoms with Gasteiger partial charge in [-0.15, -0.1) is 0 Å². The molecule has 5 heteroatoms. The highest BCUT2D eigenvalue weighted by molar-refractivity contribution is 5.79. The van der Waals surface area contributed by atoms with Crippen LogP contribution in [0.3, 0.4) is 0 Å². The predicted octanol–water partition coefficient (Wildman–Crippen LogP) is -0.502. The summed E-state index contributed by atoms with van der Waals surface area (Å²) in [6.45, 7) is 6.73. The van der Waals surface area contributed by atoms with Crippen molar-refractivity contribution in [2.24, 2.45) is 11.7 Å². The Hall–Kier alpha value is -0.650. The summed E-state index contributed by atoms with van der Waals surface area (Å²) < 4.78 is 0. The van der Waals surface area contributed by atoms with E-state index in [2.05, 4.69) is 4.90 Å². The van der Waals surface area contributed by atoms with Crippen LogP contribution in [0.15, 0.2) is 0 Å². The van der Waals surface area contributed by atoms with Crippen molar-refractivity contribution in [1.29, 1.82) is 0 Å². The van der Waals surface area contributed by atoms with Gasteiger partial charge < -0.3 is 15.7 Å². The van der Waals surface area contributed by atoms with Crippen molar-refractivity contribution in [3.05, 3.63) is 0 Å². The molecule has 1 heterocycles. The molecule has 1 aliphatic heterocycles. The third-order valence-electron chi connectivity index (χ3n) is 3.44. The van der Waals surface area contributed by atoms with E-state index in [9.17, 15) is 4.79 Å². The number of aliphatic hydroxyl groups is 1. The van der Waals surface area contributed by atoms with Gasteiger partial charge in [0, 0.05) is 32.7 Å². The molecular formula is C12H25N3O2. The third kappa shape index (κ3) is 4.26. The van der Waals surface area contributed by atoms with Crippen molar-refractivity contribution in [2.45, 2.75) is 19.8 Å². The van der Waals surface area contributed by atoms with E-state index in [0.29, 0.717) is 13.1 Å². The van der Waals surface area contributed by atoms with E-state index >= 15 is 0 Å². The van der Waals surface area contributed by atoms with Gasteiger partial charge in [0.1, 0.15) is 0 Å². The van der Waals surface area contributed by atoms with Crippen molar-refractivity contribution in [3.63, 3.8) is 0 Å².